The van der Waals surface area contributed by atoms with E-state index in [0.29, 0.717) is 21.8 Å². The molecule has 0 atom stereocenters. The third kappa shape index (κ3) is 5.47. The summed E-state index contributed by atoms with van der Waals surface area (Å²) >= 11 is 6.14. The molecular formula is C20H23ClN2O3S. The van der Waals surface area contributed by atoms with Crippen LogP contribution < -0.4 is 10.2 Å². The molecule has 2 aromatic rings. The number of nitrogens with zero attached hydrogens (tertiary/aromatic N) is 1. The molecule has 5 nitrogen and oxygen atoms in total. The van der Waals surface area contributed by atoms with Crippen LogP contribution in [0.5, 0.6) is 0 Å². The highest BCUT2D eigenvalue weighted by Gasteiger charge is 2.17. The first kappa shape index (κ1) is 19.7. The van der Waals surface area contributed by atoms with Gasteiger partial charge in [0.15, 0.2) is 9.84 Å². The molecule has 1 saturated heterocycles. The lowest BCUT2D eigenvalue weighted by molar-refractivity contribution is 0.102. The van der Waals surface area contributed by atoms with Crippen molar-refractivity contribution in [2.75, 3.05) is 29.6 Å². The van der Waals surface area contributed by atoms with Gasteiger partial charge in [0.1, 0.15) is 0 Å². The maximum absolute atomic E-state index is 12.7. The molecule has 0 unspecified atom stereocenters. The fourth-order valence-corrected chi connectivity index (χ4v) is 4.24. The van der Waals surface area contributed by atoms with Crippen molar-refractivity contribution in [1.82, 2.24) is 0 Å². The fraction of sp³-hybridized carbons (Fsp3) is 0.350. The number of amides is 1. The molecule has 0 saturated carbocycles. The van der Waals surface area contributed by atoms with Crippen molar-refractivity contribution in [1.29, 1.82) is 0 Å². The number of piperidine rings is 1. The molecule has 3 rings (SSSR count). The van der Waals surface area contributed by atoms with Gasteiger partial charge >= 0.3 is 0 Å². The third-order valence-corrected chi connectivity index (χ3v) is 5.64. The number of carbonyl (C=O) groups excluding carboxylic acids is 1. The van der Waals surface area contributed by atoms with Gasteiger partial charge in [0.05, 0.1) is 17.1 Å². The fourth-order valence-electron chi connectivity index (χ4n) is 3.27. The molecule has 1 amide bonds. The SMILES string of the molecule is CS(=O)(=O)Cc1ccc(C(=O)Nc2cc(Cl)ccc2N2CCCCC2)cc1. The van der Waals surface area contributed by atoms with E-state index in [2.05, 4.69) is 10.2 Å². The first-order valence-corrected chi connectivity index (χ1v) is 11.4. The largest absolute Gasteiger partial charge is 0.370 e. The molecule has 0 aliphatic carbocycles. The van der Waals surface area contributed by atoms with Gasteiger partial charge in [0.2, 0.25) is 0 Å². The topological polar surface area (TPSA) is 66.5 Å². The number of nitrogens with one attached hydrogen (secondary N) is 1. The molecule has 1 heterocycles. The van der Waals surface area contributed by atoms with Gasteiger partial charge in [-0.3, -0.25) is 4.79 Å². The smallest absolute Gasteiger partial charge is 0.255 e. The normalized spacial score (nSPS) is 14.8. The van der Waals surface area contributed by atoms with E-state index in [9.17, 15) is 13.2 Å². The number of hydrogen-bond donors (Lipinski definition) is 1. The molecule has 144 valence electrons. The molecule has 2 aromatic carbocycles. The highest BCUT2D eigenvalue weighted by molar-refractivity contribution is 7.89. The van der Waals surface area contributed by atoms with Crippen molar-refractivity contribution in [3.8, 4) is 0 Å². The standard InChI is InChI=1S/C20H23ClN2O3S/c1-27(25,26)14-15-5-7-16(8-6-15)20(24)22-18-13-17(21)9-10-19(18)23-11-3-2-4-12-23/h5-10,13H,2-4,11-12,14H2,1H3,(H,22,24). The van der Waals surface area contributed by atoms with E-state index < -0.39 is 9.84 Å². The molecule has 1 N–H and O–H groups in total. The quantitative estimate of drug-likeness (QED) is 0.810. The van der Waals surface area contributed by atoms with Crippen LogP contribution >= 0.6 is 11.6 Å². The Morgan fingerprint density at radius 3 is 2.37 bits per heavy atom. The van der Waals surface area contributed by atoms with Crippen molar-refractivity contribution in [3.05, 3.63) is 58.6 Å². The second kappa shape index (κ2) is 8.31. The Hall–Kier alpha value is -2.05. The first-order valence-electron chi connectivity index (χ1n) is 8.94. The molecule has 1 aliphatic rings. The second-order valence-electron chi connectivity index (χ2n) is 6.93. The molecular weight excluding hydrogens is 384 g/mol. The minimum Gasteiger partial charge on any atom is -0.370 e. The molecule has 1 aliphatic heterocycles. The Morgan fingerprint density at radius 2 is 1.74 bits per heavy atom. The van der Waals surface area contributed by atoms with Crippen LogP contribution in [0.3, 0.4) is 0 Å². The average Bonchev–Trinajstić information content (AvgIpc) is 2.62. The molecule has 27 heavy (non-hydrogen) atoms. The highest BCUT2D eigenvalue weighted by Crippen LogP contribution is 2.31. The zero-order valence-corrected chi connectivity index (χ0v) is 16.8. The zero-order chi connectivity index (χ0) is 19.4. The van der Waals surface area contributed by atoms with Crippen molar-refractivity contribution in [3.63, 3.8) is 0 Å². The molecule has 0 bridgehead atoms. The molecule has 0 aromatic heterocycles. The lowest BCUT2D eigenvalue weighted by Crippen LogP contribution is -2.30. The molecule has 7 heteroatoms. The van der Waals surface area contributed by atoms with Gasteiger partial charge in [-0.1, -0.05) is 23.7 Å². The van der Waals surface area contributed by atoms with Crippen molar-refractivity contribution >= 4 is 38.7 Å². The van der Waals surface area contributed by atoms with Gasteiger partial charge in [0, 0.05) is 29.9 Å². The van der Waals surface area contributed by atoms with E-state index in [1.54, 1.807) is 30.3 Å². The first-order chi connectivity index (χ1) is 12.8. The minimum absolute atomic E-state index is 0.0394. The Labute approximate surface area is 165 Å². The van der Waals surface area contributed by atoms with Gasteiger partial charge in [-0.25, -0.2) is 8.42 Å². The predicted octanol–water partition coefficient (Wildman–Crippen LogP) is 4.13. The van der Waals surface area contributed by atoms with E-state index in [-0.39, 0.29) is 11.7 Å². The van der Waals surface area contributed by atoms with Gasteiger partial charge in [0.25, 0.3) is 5.91 Å². The molecule has 0 spiro atoms. The summed E-state index contributed by atoms with van der Waals surface area (Å²) in [5.74, 6) is -0.288. The van der Waals surface area contributed by atoms with E-state index >= 15 is 0 Å². The number of sulfone groups is 1. The highest BCUT2D eigenvalue weighted by atomic mass is 35.5. The number of hydrogen-bond acceptors (Lipinski definition) is 4. The summed E-state index contributed by atoms with van der Waals surface area (Å²) in [6.07, 6.45) is 4.69. The monoisotopic (exact) mass is 406 g/mol. The van der Waals surface area contributed by atoms with E-state index in [1.165, 1.54) is 12.7 Å². The van der Waals surface area contributed by atoms with Crippen LogP contribution in [0.15, 0.2) is 42.5 Å². The Kier molecular flexibility index (Phi) is 6.07. The summed E-state index contributed by atoms with van der Waals surface area (Å²) in [5.41, 5.74) is 2.79. The second-order valence-corrected chi connectivity index (χ2v) is 9.51. The molecule has 1 fully saturated rings. The zero-order valence-electron chi connectivity index (χ0n) is 15.2. The number of halogens is 1. The Balaban J connectivity index is 1.78. The number of carbonyl (C=O) groups is 1. The summed E-state index contributed by atoms with van der Waals surface area (Å²) in [5, 5.41) is 3.51. The van der Waals surface area contributed by atoms with Gasteiger partial charge < -0.3 is 10.2 Å². The number of anilines is 2. The summed E-state index contributed by atoms with van der Waals surface area (Å²) in [4.78, 5) is 14.9. The van der Waals surface area contributed by atoms with Gasteiger partial charge in [-0.15, -0.1) is 0 Å². The predicted molar refractivity (Wildman–Crippen MR) is 110 cm³/mol. The Morgan fingerprint density at radius 1 is 1.07 bits per heavy atom. The third-order valence-electron chi connectivity index (χ3n) is 4.55. The van der Waals surface area contributed by atoms with Crippen molar-refractivity contribution < 1.29 is 13.2 Å². The van der Waals surface area contributed by atoms with Gasteiger partial charge in [-0.2, -0.15) is 0 Å². The lowest BCUT2D eigenvalue weighted by Gasteiger charge is -2.30. The number of rotatable bonds is 5. The van der Waals surface area contributed by atoms with E-state index in [0.717, 1.165) is 31.6 Å². The summed E-state index contributed by atoms with van der Waals surface area (Å²) < 4.78 is 22.8. The molecule has 0 radical (unpaired) electrons. The van der Waals surface area contributed by atoms with Crippen LogP contribution in [-0.4, -0.2) is 33.7 Å². The number of benzene rings is 2. The Bertz CT molecular complexity index is 921. The van der Waals surface area contributed by atoms with Gasteiger partial charge in [-0.05, 0) is 55.2 Å². The van der Waals surface area contributed by atoms with Crippen molar-refractivity contribution in [2.24, 2.45) is 0 Å². The maximum atomic E-state index is 12.7. The minimum atomic E-state index is -3.10. The lowest BCUT2D eigenvalue weighted by atomic mass is 10.1. The van der Waals surface area contributed by atoms with Crippen molar-refractivity contribution in [2.45, 2.75) is 25.0 Å². The van der Waals surface area contributed by atoms with Crippen LogP contribution in [0.25, 0.3) is 0 Å². The van der Waals surface area contributed by atoms with Crippen LogP contribution in [0.4, 0.5) is 11.4 Å². The van der Waals surface area contributed by atoms with E-state index in [4.69, 9.17) is 11.6 Å². The van der Waals surface area contributed by atoms with Crippen LogP contribution in [-0.2, 0) is 15.6 Å². The summed E-state index contributed by atoms with van der Waals surface area (Å²) in [7, 11) is -3.10. The summed E-state index contributed by atoms with van der Waals surface area (Å²) in [6, 6.07) is 12.2. The van der Waals surface area contributed by atoms with Crippen LogP contribution in [0.1, 0.15) is 35.2 Å². The maximum Gasteiger partial charge on any atom is 0.255 e. The van der Waals surface area contributed by atoms with Crippen LogP contribution in [0, 0.1) is 0 Å². The summed E-state index contributed by atoms with van der Waals surface area (Å²) in [6.45, 7) is 1.93. The van der Waals surface area contributed by atoms with E-state index in [1.807, 2.05) is 12.1 Å². The van der Waals surface area contributed by atoms with Crippen LogP contribution in [0.2, 0.25) is 5.02 Å². The average molecular weight is 407 g/mol.